The van der Waals surface area contributed by atoms with Crippen molar-refractivity contribution in [3.8, 4) is 0 Å². The van der Waals surface area contributed by atoms with Crippen LogP contribution in [-0.4, -0.2) is 44.8 Å². The topological polar surface area (TPSA) is 75.4 Å². The van der Waals surface area contributed by atoms with E-state index in [0.29, 0.717) is 18.5 Å². The highest BCUT2D eigenvalue weighted by Crippen LogP contribution is 2.23. The van der Waals surface area contributed by atoms with Crippen molar-refractivity contribution in [2.75, 3.05) is 13.1 Å². The summed E-state index contributed by atoms with van der Waals surface area (Å²) in [7, 11) is 0. The lowest BCUT2D eigenvalue weighted by atomic mass is 10.1. The van der Waals surface area contributed by atoms with Crippen molar-refractivity contribution in [1.82, 2.24) is 14.7 Å². The average Bonchev–Trinajstić information content (AvgIpc) is 2.93. The lowest BCUT2D eigenvalue weighted by Crippen LogP contribution is -2.31. The van der Waals surface area contributed by atoms with Gasteiger partial charge in [0.25, 0.3) is 5.91 Å². The van der Waals surface area contributed by atoms with Crippen LogP contribution in [0.2, 0.25) is 0 Å². The number of carboxylic acids is 1. The molecule has 1 atom stereocenters. The second-order valence-corrected chi connectivity index (χ2v) is 6.30. The summed E-state index contributed by atoms with van der Waals surface area (Å²) in [5.74, 6) is -1.40. The van der Waals surface area contributed by atoms with Crippen molar-refractivity contribution in [3.05, 3.63) is 17.5 Å². The predicted molar refractivity (Wildman–Crippen MR) is 80.9 cm³/mol. The van der Waals surface area contributed by atoms with Gasteiger partial charge in [0, 0.05) is 18.8 Å². The van der Waals surface area contributed by atoms with Crippen molar-refractivity contribution < 1.29 is 14.7 Å². The molecule has 1 aromatic rings. The molecule has 0 spiro atoms. The average molecular weight is 316 g/mol. The molecule has 0 radical (unpaired) electrons. The molecule has 7 heteroatoms. The first-order chi connectivity index (χ1) is 9.21. The zero-order valence-corrected chi connectivity index (χ0v) is 13.6. The third-order valence-corrected chi connectivity index (χ3v) is 3.70. The van der Waals surface area contributed by atoms with E-state index in [2.05, 4.69) is 5.10 Å². The van der Waals surface area contributed by atoms with Crippen LogP contribution >= 0.6 is 12.4 Å². The van der Waals surface area contributed by atoms with Crippen LogP contribution < -0.4 is 0 Å². The van der Waals surface area contributed by atoms with Crippen LogP contribution in [0, 0.1) is 12.8 Å². The zero-order chi connectivity index (χ0) is 15.1. The van der Waals surface area contributed by atoms with E-state index < -0.39 is 11.9 Å². The Morgan fingerprint density at radius 2 is 2.00 bits per heavy atom. The highest BCUT2D eigenvalue weighted by molar-refractivity contribution is 5.95. The van der Waals surface area contributed by atoms with Crippen LogP contribution in [0.4, 0.5) is 0 Å². The number of hydrogen-bond donors (Lipinski definition) is 1. The van der Waals surface area contributed by atoms with Gasteiger partial charge in [-0.1, -0.05) is 0 Å². The number of nitrogens with zero attached hydrogens (tertiary/aromatic N) is 3. The summed E-state index contributed by atoms with van der Waals surface area (Å²) in [6, 6.07) is 0. The molecule has 1 saturated heterocycles. The van der Waals surface area contributed by atoms with Crippen molar-refractivity contribution in [3.63, 3.8) is 0 Å². The number of rotatable bonds is 2. The van der Waals surface area contributed by atoms with Gasteiger partial charge in [0.2, 0.25) is 0 Å². The van der Waals surface area contributed by atoms with E-state index >= 15 is 0 Å². The maximum Gasteiger partial charge on any atom is 0.308 e. The van der Waals surface area contributed by atoms with Gasteiger partial charge in [-0.2, -0.15) is 5.10 Å². The summed E-state index contributed by atoms with van der Waals surface area (Å²) in [5.41, 5.74) is 1.20. The lowest BCUT2D eigenvalue weighted by Gasteiger charge is -2.22. The van der Waals surface area contributed by atoms with Crippen LogP contribution in [0.5, 0.6) is 0 Å². The van der Waals surface area contributed by atoms with Crippen LogP contribution in [0.15, 0.2) is 6.20 Å². The van der Waals surface area contributed by atoms with Gasteiger partial charge in [0.1, 0.15) is 0 Å². The zero-order valence-electron chi connectivity index (χ0n) is 12.8. The highest BCUT2D eigenvalue weighted by Gasteiger charge is 2.33. The molecule has 1 fully saturated rings. The van der Waals surface area contributed by atoms with Gasteiger partial charge in [-0.05, 0) is 34.1 Å². The number of amides is 1. The Labute approximate surface area is 130 Å². The van der Waals surface area contributed by atoms with Gasteiger partial charge < -0.3 is 10.0 Å². The van der Waals surface area contributed by atoms with E-state index in [4.69, 9.17) is 5.11 Å². The number of likely N-dealkylation sites (tertiary alicyclic amines) is 1. The normalized spacial score (nSPS) is 18.5. The third-order valence-electron chi connectivity index (χ3n) is 3.70. The van der Waals surface area contributed by atoms with E-state index in [1.54, 1.807) is 11.1 Å². The Balaban J connectivity index is 0.00000220. The molecule has 0 aliphatic carbocycles. The van der Waals surface area contributed by atoms with E-state index in [-0.39, 0.29) is 30.4 Å². The summed E-state index contributed by atoms with van der Waals surface area (Å²) in [5, 5.41) is 13.3. The molecule has 1 unspecified atom stereocenters. The minimum Gasteiger partial charge on any atom is -0.481 e. The van der Waals surface area contributed by atoms with E-state index in [9.17, 15) is 9.59 Å². The molecule has 1 aromatic heterocycles. The smallest absolute Gasteiger partial charge is 0.308 e. The molecule has 1 aliphatic rings. The second-order valence-electron chi connectivity index (χ2n) is 6.30. The largest absolute Gasteiger partial charge is 0.481 e. The number of halogens is 1. The fourth-order valence-corrected chi connectivity index (χ4v) is 2.61. The van der Waals surface area contributed by atoms with Crippen molar-refractivity contribution in [2.24, 2.45) is 5.92 Å². The Kier molecular flexibility index (Phi) is 5.04. The predicted octanol–water partition coefficient (Wildman–Crippen LogP) is 1.92. The molecular formula is C14H22ClN3O3. The Morgan fingerprint density at radius 1 is 1.38 bits per heavy atom. The molecule has 1 N–H and O–H groups in total. The molecular weight excluding hydrogens is 294 g/mol. The maximum absolute atomic E-state index is 12.5. The molecule has 6 nitrogen and oxygen atoms in total. The monoisotopic (exact) mass is 315 g/mol. The van der Waals surface area contributed by atoms with Gasteiger partial charge >= 0.3 is 5.97 Å². The number of carbonyl (C=O) groups excluding carboxylic acids is 1. The fraction of sp³-hybridized carbons (Fsp3) is 0.643. The number of aromatic nitrogens is 2. The molecule has 2 heterocycles. The van der Waals surface area contributed by atoms with Crippen molar-refractivity contribution in [2.45, 2.75) is 39.7 Å². The first-order valence-corrected chi connectivity index (χ1v) is 6.79. The second kappa shape index (κ2) is 6.05. The van der Waals surface area contributed by atoms with Crippen LogP contribution in [-0.2, 0) is 10.3 Å². The Bertz CT molecular complexity index is 548. The summed E-state index contributed by atoms with van der Waals surface area (Å²) in [6.07, 6.45) is 2.10. The molecule has 0 bridgehead atoms. The van der Waals surface area contributed by atoms with E-state index in [1.807, 2.05) is 32.4 Å². The summed E-state index contributed by atoms with van der Waals surface area (Å²) in [4.78, 5) is 25.0. The first-order valence-electron chi connectivity index (χ1n) is 6.79. The molecule has 21 heavy (non-hydrogen) atoms. The van der Waals surface area contributed by atoms with E-state index in [1.165, 1.54) is 0 Å². The summed E-state index contributed by atoms with van der Waals surface area (Å²) >= 11 is 0. The lowest BCUT2D eigenvalue weighted by molar-refractivity contribution is -0.141. The summed E-state index contributed by atoms with van der Waals surface area (Å²) < 4.78 is 1.82. The number of carbonyl (C=O) groups is 2. The van der Waals surface area contributed by atoms with Gasteiger partial charge in [0.05, 0.1) is 23.2 Å². The minimum absolute atomic E-state index is 0. The van der Waals surface area contributed by atoms with Crippen molar-refractivity contribution in [1.29, 1.82) is 0 Å². The number of aliphatic carboxylic acids is 1. The Morgan fingerprint density at radius 3 is 2.43 bits per heavy atom. The third kappa shape index (κ3) is 3.37. The fourth-order valence-electron chi connectivity index (χ4n) is 2.61. The van der Waals surface area contributed by atoms with E-state index in [0.717, 1.165) is 5.69 Å². The van der Waals surface area contributed by atoms with Gasteiger partial charge in [-0.15, -0.1) is 12.4 Å². The van der Waals surface area contributed by atoms with Crippen LogP contribution in [0.1, 0.15) is 43.2 Å². The standard InChI is InChI=1S/C14H21N3O3.ClH/c1-9-11(7-15-17(9)14(2,3)4)12(18)16-6-5-10(8-16)13(19)20;/h7,10H,5-6,8H2,1-4H3,(H,19,20);1H. The van der Waals surface area contributed by atoms with Crippen LogP contribution in [0.25, 0.3) is 0 Å². The highest BCUT2D eigenvalue weighted by atomic mass is 35.5. The van der Waals surface area contributed by atoms with Crippen molar-refractivity contribution >= 4 is 24.3 Å². The molecule has 1 amide bonds. The van der Waals surface area contributed by atoms with Crippen LogP contribution in [0.3, 0.4) is 0 Å². The Hall–Kier alpha value is -1.56. The number of hydrogen-bond acceptors (Lipinski definition) is 3. The van der Waals surface area contributed by atoms with Gasteiger partial charge in [0.15, 0.2) is 0 Å². The molecule has 1 aliphatic heterocycles. The van der Waals surface area contributed by atoms with Gasteiger partial charge in [-0.25, -0.2) is 0 Å². The SMILES string of the molecule is Cc1c(C(=O)N2CCC(C(=O)O)C2)cnn1C(C)(C)C.Cl. The van der Waals surface area contributed by atoms with Gasteiger partial charge in [-0.3, -0.25) is 14.3 Å². The first kappa shape index (κ1) is 17.5. The quantitative estimate of drug-likeness (QED) is 0.904. The summed E-state index contributed by atoms with van der Waals surface area (Å²) in [6.45, 7) is 8.73. The molecule has 0 saturated carbocycles. The molecule has 0 aromatic carbocycles. The maximum atomic E-state index is 12.5. The molecule has 2 rings (SSSR count). The number of carboxylic acid groups (broad SMARTS) is 1. The molecule has 118 valence electrons. The minimum atomic E-state index is -0.831.